The number of methoxy groups -OCH3 is 2. The zero-order valence-corrected chi connectivity index (χ0v) is 10.8. The number of thiol groups is 1. The third kappa shape index (κ3) is 2.23. The van der Waals surface area contributed by atoms with Gasteiger partial charge in [-0.15, -0.1) is 0 Å². The van der Waals surface area contributed by atoms with Gasteiger partial charge in [0.15, 0.2) is 0 Å². The van der Waals surface area contributed by atoms with Gasteiger partial charge in [-0.05, 0) is 38.0 Å². The van der Waals surface area contributed by atoms with E-state index in [0.717, 1.165) is 28.2 Å². The lowest BCUT2D eigenvalue weighted by molar-refractivity contribution is 0.393. The monoisotopic (exact) mass is 226 g/mol. The molecule has 0 fully saturated rings. The van der Waals surface area contributed by atoms with E-state index in [9.17, 15) is 0 Å². The van der Waals surface area contributed by atoms with Crippen LogP contribution in [0.15, 0.2) is 6.07 Å². The summed E-state index contributed by atoms with van der Waals surface area (Å²) in [4.78, 5) is 0. The van der Waals surface area contributed by atoms with Crippen LogP contribution in [0.4, 0.5) is 0 Å². The maximum Gasteiger partial charge on any atom is 0.126 e. The molecule has 15 heavy (non-hydrogen) atoms. The van der Waals surface area contributed by atoms with Crippen molar-refractivity contribution in [1.82, 2.24) is 0 Å². The van der Waals surface area contributed by atoms with Crippen molar-refractivity contribution in [3.8, 4) is 11.5 Å². The second kappa shape index (κ2) is 4.79. The van der Waals surface area contributed by atoms with Crippen molar-refractivity contribution < 1.29 is 9.47 Å². The molecular weight excluding hydrogens is 208 g/mol. The van der Waals surface area contributed by atoms with Crippen molar-refractivity contribution in [3.05, 3.63) is 22.8 Å². The average molecular weight is 226 g/mol. The highest BCUT2D eigenvalue weighted by atomic mass is 32.1. The highest BCUT2D eigenvalue weighted by Crippen LogP contribution is 2.38. The standard InChI is InChI=1S/C12H18O2S/c1-7-8(2)12(14-5)10(9(3)15)6-11(7)13-4/h6,9,15H,1-5H3. The topological polar surface area (TPSA) is 18.5 Å². The van der Waals surface area contributed by atoms with E-state index in [1.54, 1.807) is 14.2 Å². The Morgan fingerprint density at radius 2 is 1.73 bits per heavy atom. The van der Waals surface area contributed by atoms with Crippen molar-refractivity contribution in [3.63, 3.8) is 0 Å². The maximum atomic E-state index is 5.41. The molecule has 0 amide bonds. The molecule has 0 N–H and O–H groups in total. The molecule has 1 unspecified atom stereocenters. The van der Waals surface area contributed by atoms with Crippen LogP contribution in [-0.2, 0) is 0 Å². The van der Waals surface area contributed by atoms with E-state index in [0.29, 0.717) is 0 Å². The molecule has 1 aromatic rings. The van der Waals surface area contributed by atoms with Crippen molar-refractivity contribution >= 4 is 12.6 Å². The summed E-state index contributed by atoms with van der Waals surface area (Å²) >= 11 is 4.44. The fraction of sp³-hybridized carbons (Fsp3) is 0.500. The summed E-state index contributed by atoms with van der Waals surface area (Å²) < 4.78 is 10.7. The van der Waals surface area contributed by atoms with Crippen LogP contribution in [0.2, 0.25) is 0 Å². The van der Waals surface area contributed by atoms with Crippen molar-refractivity contribution in [2.75, 3.05) is 14.2 Å². The number of hydrogen-bond donors (Lipinski definition) is 1. The van der Waals surface area contributed by atoms with Crippen LogP contribution in [0, 0.1) is 13.8 Å². The first-order valence-corrected chi connectivity index (χ1v) is 5.44. The van der Waals surface area contributed by atoms with Crippen LogP contribution >= 0.6 is 12.6 Å². The van der Waals surface area contributed by atoms with Crippen LogP contribution in [0.5, 0.6) is 11.5 Å². The van der Waals surface area contributed by atoms with Gasteiger partial charge in [-0.2, -0.15) is 12.6 Å². The van der Waals surface area contributed by atoms with E-state index < -0.39 is 0 Å². The molecule has 3 heteroatoms. The number of ether oxygens (including phenoxy) is 2. The lowest BCUT2D eigenvalue weighted by atomic mass is 10.0. The van der Waals surface area contributed by atoms with E-state index in [2.05, 4.69) is 12.6 Å². The molecule has 0 aliphatic carbocycles. The maximum absolute atomic E-state index is 5.41. The van der Waals surface area contributed by atoms with Gasteiger partial charge in [0.1, 0.15) is 11.5 Å². The normalized spacial score (nSPS) is 12.4. The van der Waals surface area contributed by atoms with Crippen LogP contribution in [0.25, 0.3) is 0 Å². The lowest BCUT2D eigenvalue weighted by Crippen LogP contribution is -2.00. The Hall–Kier alpha value is -0.830. The van der Waals surface area contributed by atoms with E-state index in [1.165, 1.54) is 0 Å². The summed E-state index contributed by atoms with van der Waals surface area (Å²) in [6.07, 6.45) is 0. The summed E-state index contributed by atoms with van der Waals surface area (Å²) in [6, 6.07) is 2.00. The van der Waals surface area contributed by atoms with Gasteiger partial charge in [-0.1, -0.05) is 0 Å². The predicted molar refractivity (Wildman–Crippen MR) is 66.4 cm³/mol. The molecule has 84 valence electrons. The molecule has 1 rings (SSSR count). The Bertz CT molecular complexity index is 359. The average Bonchev–Trinajstić information content (AvgIpc) is 2.21. The zero-order chi connectivity index (χ0) is 11.6. The van der Waals surface area contributed by atoms with Crippen LogP contribution in [0.3, 0.4) is 0 Å². The molecule has 2 nitrogen and oxygen atoms in total. The van der Waals surface area contributed by atoms with Gasteiger partial charge >= 0.3 is 0 Å². The number of rotatable bonds is 3. The fourth-order valence-electron chi connectivity index (χ4n) is 1.68. The molecule has 0 aliphatic heterocycles. The first-order valence-electron chi connectivity index (χ1n) is 4.93. The van der Waals surface area contributed by atoms with Gasteiger partial charge in [0.05, 0.1) is 14.2 Å². The Balaban J connectivity index is 3.44. The number of benzene rings is 1. The zero-order valence-electron chi connectivity index (χ0n) is 9.92. The number of hydrogen-bond acceptors (Lipinski definition) is 3. The second-order valence-electron chi connectivity index (χ2n) is 3.63. The Labute approximate surface area is 97.0 Å². The third-order valence-electron chi connectivity index (χ3n) is 2.70. The van der Waals surface area contributed by atoms with E-state index in [1.807, 2.05) is 26.8 Å². The molecule has 0 radical (unpaired) electrons. The first kappa shape index (κ1) is 12.2. The second-order valence-corrected chi connectivity index (χ2v) is 4.40. The highest BCUT2D eigenvalue weighted by Gasteiger charge is 2.15. The molecule has 1 aromatic carbocycles. The van der Waals surface area contributed by atoms with E-state index in [-0.39, 0.29) is 5.25 Å². The van der Waals surface area contributed by atoms with Gasteiger partial charge in [0.25, 0.3) is 0 Å². The molecule has 0 spiro atoms. The molecule has 0 saturated heterocycles. The van der Waals surface area contributed by atoms with Crippen molar-refractivity contribution in [1.29, 1.82) is 0 Å². The summed E-state index contributed by atoms with van der Waals surface area (Å²) in [7, 11) is 3.37. The Morgan fingerprint density at radius 3 is 2.13 bits per heavy atom. The molecule has 0 aromatic heterocycles. The smallest absolute Gasteiger partial charge is 0.126 e. The summed E-state index contributed by atoms with van der Waals surface area (Å²) in [5, 5.41) is 0.133. The van der Waals surface area contributed by atoms with Crippen LogP contribution in [0.1, 0.15) is 28.9 Å². The molecule has 0 bridgehead atoms. The van der Waals surface area contributed by atoms with Gasteiger partial charge < -0.3 is 9.47 Å². The highest BCUT2D eigenvalue weighted by molar-refractivity contribution is 7.80. The minimum absolute atomic E-state index is 0.133. The predicted octanol–water partition coefficient (Wildman–Crippen LogP) is 3.31. The van der Waals surface area contributed by atoms with Crippen LogP contribution in [-0.4, -0.2) is 14.2 Å². The minimum Gasteiger partial charge on any atom is -0.496 e. The largest absolute Gasteiger partial charge is 0.496 e. The summed E-state index contributed by atoms with van der Waals surface area (Å²) in [5.41, 5.74) is 3.31. The van der Waals surface area contributed by atoms with Crippen molar-refractivity contribution in [2.45, 2.75) is 26.0 Å². The van der Waals surface area contributed by atoms with Gasteiger partial charge in [-0.25, -0.2) is 0 Å². The quantitative estimate of drug-likeness (QED) is 0.797. The van der Waals surface area contributed by atoms with Crippen LogP contribution < -0.4 is 9.47 Å². The molecule has 0 saturated carbocycles. The first-order chi connectivity index (χ1) is 7.02. The molecular formula is C12H18O2S. The Kier molecular flexibility index (Phi) is 3.91. The Morgan fingerprint density at radius 1 is 1.13 bits per heavy atom. The SMILES string of the molecule is COc1cc(C(C)S)c(OC)c(C)c1C. The van der Waals surface area contributed by atoms with Crippen molar-refractivity contribution in [2.24, 2.45) is 0 Å². The van der Waals surface area contributed by atoms with E-state index in [4.69, 9.17) is 9.47 Å². The summed E-state index contributed by atoms with van der Waals surface area (Å²) in [5.74, 6) is 1.81. The lowest BCUT2D eigenvalue weighted by Gasteiger charge is -2.18. The fourth-order valence-corrected chi connectivity index (χ4v) is 1.87. The van der Waals surface area contributed by atoms with Gasteiger partial charge in [-0.3, -0.25) is 0 Å². The minimum atomic E-state index is 0.133. The van der Waals surface area contributed by atoms with Gasteiger partial charge in [0.2, 0.25) is 0 Å². The molecule has 1 atom stereocenters. The molecule has 0 heterocycles. The molecule has 0 aliphatic rings. The van der Waals surface area contributed by atoms with E-state index >= 15 is 0 Å². The summed E-state index contributed by atoms with van der Waals surface area (Å²) in [6.45, 7) is 6.09. The third-order valence-corrected chi connectivity index (χ3v) is 2.97. The van der Waals surface area contributed by atoms with Gasteiger partial charge in [0, 0.05) is 10.8 Å².